The zero-order valence-corrected chi connectivity index (χ0v) is 85.1. The number of nitrogens with zero attached hydrogens (tertiary/aromatic N) is 29. The first kappa shape index (κ1) is 107. The highest BCUT2D eigenvalue weighted by molar-refractivity contribution is 7.92. The van der Waals surface area contributed by atoms with Crippen molar-refractivity contribution in [3.05, 3.63) is 270 Å². The molecule has 0 spiro atoms. The molecule has 2 fully saturated rings. The lowest BCUT2D eigenvalue weighted by atomic mass is 9.84. The first-order chi connectivity index (χ1) is 71.1. The van der Waals surface area contributed by atoms with Crippen molar-refractivity contribution in [1.82, 2.24) is 128 Å². The van der Waals surface area contributed by atoms with Gasteiger partial charge in [0.15, 0.2) is 28.2 Å². The highest BCUT2D eigenvalue weighted by Crippen LogP contribution is 2.37. The number of benzene rings is 3. The lowest BCUT2D eigenvalue weighted by molar-refractivity contribution is 0.0105. The second-order valence-corrected chi connectivity index (χ2v) is 44.3. The molecule has 3 N–H and O–H groups in total. The van der Waals surface area contributed by atoms with E-state index in [0.717, 1.165) is 95.6 Å². The number of carbonyl (C=O) groups excluding carboxylic acids is 1. The van der Waals surface area contributed by atoms with Crippen molar-refractivity contribution in [3.63, 3.8) is 0 Å². The van der Waals surface area contributed by atoms with Gasteiger partial charge in [-0.25, -0.2) is 163 Å². The van der Waals surface area contributed by atoms with Crippen molar-refractivity contribution < 1.29 is 75.7 Å². The van der Waals surface area contributed by atoms with Gasteiger partial charge >= 0.3 is 0 Å². The molecule has 50 heteroatoms. The molecule has 0 radical (unpaired) electrons. The summed E-state index contributed by atoms with van der Waals surface area (Å²) in [6, 6.07) is 39.1. The van der Waals surface area contributed by atoms with E-state index in [1.165, 1.54) is 140 Å². The van der Waals surface area contributed by atoms with Crippen LogP contribution in [0.5, 0.6) is 0 Å². The SMILES string of the molecule is CC(C)(O)C1CCCN(c2cc(-c3cnc4ccc(C(F)F)nn34)ncn2)C1.CC(C)(O)C1CCCN(c2cc(-c3cnc4ccc(C(F)F)nn34)ncn2)C1.Cc1cc(C(=O)N=S(C)(C)=O)cc(-c2cc(-c3cnc4ccc(C(F)F)nn34)ncn2)c1.Cc1cc(CN=S(C)(C)=O)cc(-c2cc(-c3cnc4ccc(C(F)F)nn34)ncn2)c1.Cc1cc(CNS(C)(=O)=O)cc(-c2cc(-c3cnc4ccc(C(F)F)nn34)ncn2)c1. The summed E-state index contributed by atoms with van der Waals surface area (Å²) in [5, 5.41) is 40.6. The Hall–Kier alpha value is -15.5. The third-order valence-corrected chi connectivity index (χ3v) is 26.1. The number of aryl methyl sites for hydroxylation is 3. The largest absolute Gasteiger partial charge is 0.390 e. The number of aromatic nitrogens is 25. The number of hydrogen-bond acceptors (Lipinski definition) is 30. The Morgan fingerprint density at radius 1 is 0.373 bits per heavy atom. The quantitative estimate of drug-likeness (QED) is 0.0501. The summed E-state index contributed by atoms with van der Waals surface area (Å²) in [5.74, 6) is 1.18. The number of imidazole rings is 5. The average Bonchev–Trinajstić information content (AvgIpc) is 1.68. The molecule has 780 valence electrons. The van der Waals surface area contributed by atoms with E-state index in [-0.39, 0.29) is 52.4 Å². The molecule has 2 atom stereocenters. The number of fused-ring (bicyclic) bond motifs is 5. The van der Waals surface area contributed by atoms with Crippen LogP contribution in [-0.4, -0.2) is 224 Å². The standard InChI is InChI=1S/C21H18F2N6O2S.C21H20F2N6OS.C20H18F2N6O2S.2C19H22F2N6O/c1-12-6-13(8-14(7-12)21(30)28-32(2,3)31)16-9-17(26-11-25-16)18-10-24-19-5-4-15(20(22)23)27-29(18)19;1-13-6-14(10-27-31(2,3)30)8-15(7-13)17-9-18(26-12-25-17)19-11-24-20-5-4-16(21(22)23)28-29(19)20;1-12-5-13(9-26-31(2,29)30)7-14(6-12)16-8-17(25-11-24-16)18-10-23-19-4-3-15(20(21)22)27-28(18)19;2*1-19(2,28)12-4-3-7-26(10-12)17-8-14(23-11-24-17)15-9-22-16-6-5-13(18(20)21)25-27(15)16/h4-11,20H,1-3H3;4-9,11-12,21H,10H2,1-3H3;3-8,10-11,20,26H,9H2,1-2H3;2*5-6,8-9,11-12,18,28H,3-4,7,10H2,1-2H3. The van der Waals surface area contributed by atoms with Crippen LogP contribution in [-0.2, 0) is 42.6 Å². The predicted octanol–water partition coefficient (Wildman–Crippen LogP) is 17.7. The fourth-order valence-electron chi connectivity index (χ4n) is 16.7. The van der Waals surface area contributed by atoms with E-state index in [0.29, 0.717) is 127 Å². The zero-order valence-electron chi connectivity index (χ0n) is 82.7. The molecule has 18 aromatic rings. The second kappa shape index (κ2) is 44.9. The lowest BCUT2D eigenvalue weighted by Gasteiger charge is -2.39. The molecule has 0 aliphatic carbocycles. The molecular weight excluding hydrogens is 2020 g/mol. The minimum atomic E-state index is -3.33. The molecular formula is C100H100F10N30O7S3. The Balaban J connectivity index is 0.000000134. The fourth-order valence-corrected chi connectivity index (χ4v) is 18.1. The molecule has 3 aromatic carbocycles. The highest BCUT2D eigenvalue weighted by atomic mass is 32.2. The number of carbonyl (C=O) groups is 1. The Kier molecular flexibility index (Phi) is 32.1. The first-order valence-corrected chi connectivity index (χ1v) is 53.0. The molecule has 0 bridgehead atoms. The number of aliphatic hydroxyl groups is 2. The van der Waals surface area contributed by atoms with Gasteiger partial charge in [0.25, 0.3) is 38.0 Å². The van der Waals surface area contributed by atoms with E-state index >= 15 is 0 Å². The summed E-state index contributed by atoms with van der Waals surface area (Å²) in [7, 11) is -8.12. The molecule has 2 saturated heterocycles. The zero-order chi connectivity index (χ0) is 107. The number of rotatable bonds is 23. The number of alkyl halides is 10. The number of piperidine rings is 2. The molecule has 37 nitrogen and oxygen atoms in total. The molecule has 2 aliphatic rings. The molecule has 2 unspecified atom stereocenters. The van der Waals surface area contributed by atoms with E-state index < -0.39 is 78.7 Å². The maximum atomic E-state index is 13.1. The van der Waals surface area contributed by atoms with E-state index in [4.69, 9.17) is 0 Å². The molecule has 0 saturated carbocycles. The number of anilines is 2. The van der Waals surface area contributed by atoms with Crippen LogP contribution in [0.25, 0.3) is 119 Å². The van der Waals surface area contributed by atoms with Crippen molar-refractivity contribution >= 4 is 75.3 Å². The third-order valence-electron chi connectivity index (χ3n) is 24.0. The summed E-state index contributed by atoms with van der Waals surface area (Å²) in [5.41, 5.74) is 12.6. The van der Waals surface area contributed by atoms with Crippen molar-refractivity contribution in [2.75, 3.05) is 67.3 Å². The summed E-state index contributed by atoms with van der Waals surface area (Å²) >= 11 is 0. The maximum Gasteiger partial charge on any atom is 0.285 e. The molecule has 15 aromatic heterocycles. The summed E-state index contributed by atoms with van der Waals surface area (Å²) in [6.07, 6.45) is 12.2. The highest BCUT2D eigenvalue weighted by Gasteiger charge is 2.35. The van der Waals surface area contributed by atoms with Gasteiger partial charge in [-0.3, -0.25) is 9.00 Å². The number of sulfonamides is 1. The molecule has 2 aliphatic heterocycles. The van der Waals surface area contributed by atoms with Gasteiger partial charge in [0.2, 0.25) is 10.0 Å². The summed E-state index contributed by atoms with van der Waals surface area (Å²) < 4.78 is 194. The maximum absolute atomic E-state index is 13.1. The number of hydrogen-bond donors (Lipinski definition) is 3. The smallest absolute Gasteiger partial charge is 0.285 e. The van der Waals surface area contributed by atoms with Crippen molar-refractivity contribution in [1.29, 1.82) is 0 Å². The Morgan fingerprint density at radius 3 is 0.973 bits per heavy atom. The minimum absolute atomic E-state index is 0.144. The Morgan fingerprint density at radius 2 is 0.667 bits per heavy atom. The third kappa shape index (κ3) is 26.6. The number of halogens is 10. The molecule has 1 amide bonds. The van der Waals surface area contributed by atoms with Gasteiger partial charge in [-0.05, 0) is 212 Å². The van der Waals surface area contributed by atoms with Crippen molar-refractivity contribution in [3.8, 4) is 90.7 Å². The molecule has 17 heterocycles. The van der Waals surface area contributed by atoms with Crippen LogP contribution >= 0.6 is 0 Å². The Labute approximate surface area is 852 Å². The van der Waals surface area contributed by atoms with Crippen LogP contribution in [0.3, 0.4) is 0 Å². The second-order valence-electron chi connectivity index (χ2n) is 37.3. The molecule has 150 heavy (non-hydrogen) atoms. The van der Waals surface area contributed by atoms with Gasteiger partial charge in [-0.15, -0.1) is 0 Å². The fraction of sp³-hybridized carbons (Fsp3) is 0.310. The van der Waals surface area contributed by atoms with Crippen LogP contribution in [0.1, 0.15) is 152 Å². The van der Waals surface area contributed by atoms with Gasteiger partial charge in [0, 0.05) is 123 Å². The Bertz CT molecular complexity index is 8260. The molecule has 20 rings (SSSR count). The lowest BCUT2D eigenvalue weighted by Crippen LogP contribution is -2.45. The van der Waals surface area contributed by atoms with Gasteiger partial charge < -0.3 is 20.0 Å². The van der Waals surface area contributed by atoms with Crippen molar-refractivity contribution in [2.24, 2.45) is 20.6 Å². The number of nitrogens with one attached hydrogen (secondary N) is 1. The van der Waals surface area contributed by atoms with Gasteiger partial charge in [-0.1, -0.05) is 23.3 Å². The van der Waals surface area contributed by atoms with E-state index in [2.05, 4.69) is 124 Å². The van der Waals surface area contributed by atoms with Gasteiger partial charge in [0.1, 0.15) is 100 Å². The minimum Gasteiger partial charge on any atom is -0.390 e. The van der Waals surface area contributed by atoms with Crippen molar-refractivity contribution in [2.45, 2.75) is 131 Å². The normalized spacial score (nSPS) is 14.3. The van der Waals surface area contributed by atoms with E-state index in [1.807, 2.05) is 103 Å². The topological polar surface area (TPSA) is 449 Å². The van der Waals surface area contributed by atoms with Gasteiger partial charge in [0.05, 0.1) is 101 Å². The predicted molar refractivity (Wildman–Crippen MR) is 542 cm³/mol. The van der Waals surface area contributed by atoms with Crippen LogP contribution in [0.15, 0.2) is 217 Å². The summed E-state index contributed by atoms with van der Waals surface area (Å²) in [4.78, 5) is 80.9. The van der Waals surface area contributed by atoms with Crippen LogP contribution in [0.2, 0.25) is 0 Å². The summed E-state index contributed by atoms with van der Waals surface area (Å²) in [6.45, 7) is 16.6. The first-order valence-electron chi connectivity index (χ1n) is 46.5. The monoisotopic (exact) mass is 2120 g/mol. The van der Waals surface area contributed by atoms with E-state index in [9.17, 15) is 75.7 Å². The van der Waals surface area contributed by atoms with Gasteiger partial charge in [-0.2, -0.15) is 29.9 Å². The average molecular weight is 2120 g/mol. The van der Waals surface area contributed by atoms with Crippen LogP contribution < -0.4 is 14.5 Å². The number of amides is 1. The van der Waals surface area contributed by atoms with Crippen LogP contribution in [0, 0.1) is 32.6 Å². The van der Waals surface area contributed by atoms with Crippen LogP contribution in [0.4, 0.5) is 55.5 Å². The van der Waals surface area contributed by atoms with E-state index in [1.54, 1.807) is 61.4 Å².